The SMILES string of the molecule is Cc1cc(Nc2ccc3ncsc3c2)ncc1Br. The maximum Gasteiger partial charge on any atom is 0.130 e. The summed E-state index contributed by atoms with van der Waals surface area (Å²) in [7, 11) is 0. The number of hydrogen-bond donors (Lipinski definition) is 1. The Hall–Kier alpha value is -1.46. The molecule has 2 heterocycles. The molecule has 3 rings (SSSR count). The number of benzene rings is 1. The van der Waals surface area contributed by atoms with Crippen LogP contribution in [-0.4, -0.2) is 9.97 Å². The summed E-state index contributed by atoms with van der Waals surface area (Å²) >= 11 is 5.08. The van der Waals surface area contributed by atoms with Gasteiger partial charge in [-0.1, -0.05) is 0 Å². The first-order chi connectivity index (χ1) is 8.72. The highest BCUT2D eigenvalue weighted by Crippen LogP contribution is 2.25. The Morgan fingerprint density at radius 3 is 2.94 bits per heavy atom. The van der Waals surface area contributed by atoms with E-state index in [0.717, 1.165) is 27.1 Å². The molecule has 1 N–H and O–H groups in total. The molecule has 0 saturated carbocycles. The molecule has 0 atom stereocenters. The van der Waals surface area contributed by atoms with E-state index in [1.54, 1.807) is 11.3 Å². The molecule has 0 aliphatic rings. The van der Waals surface area contributed by atoms with Gasteiger partial charge in [0.05, 0.1) is 15.7 Å². The third-order valence-electron chi connectivity index (χ3n) is 2.65. The molecule has 90 valence electrons. The van der Waals surface area contributed by atoms with E-state index in [-0.39, 0.29) is 0 Å². The minimum Gasteiger partial charge on any atom is -0.340 e. The van der Waals surface area contributed by atoms with Crippen molar-refractivity contribution in [2.45, 2.75) is 6.92 Å². The monoisotopic (exact) mass is 319 g/mol. The van der Waals surface area contributed by atoms with Gasteiger partial charge in [0, 0.05) is 16.4 Å². The fourth-order valence-electron chi connectivity index (χ4n) is 1.69. The Morgan fingerprint density at radius 1 is 1.22 bits per heavy atom. The van der Waals surface area contributed by atoms with Gasteiger partial charge < -0.3 is 5.32 Å². The van der Waals surface area contributed by atoms with Gasteiger partial charge in [-0.3, -0.25) is 0 Å². The first-order valence-electron chi connectivity index (χ1n) is 5.45. The molecule has 0 spiro atoms. The van der Waals surface area contributed by atoms with E-state index in [1.807, 2.05) is 36.8 Å². The van der Waals surface area contributed by atoms with Gasteiger partial charge in [-0.2, -0.15) is 0 Å². The van der Waals surface area contributed by atoms with Crippen molar-refractivity contribution in [3.05, 3.63) is 46.0 Å². The number of nitrogens with one attached hydrogen (secondary N) is 1. The van der Waals surface area contributed by atoms with Gasteiger partial charge >= 0.3 is 0 Å². The second kappa shape index (κ2) is 4.66. The van der Waals surface area contributed by atoms with Gasteiger partial charge in [0.2, 0.25) is 0 Å². The Bertz CT molecular complexity index is 708. The van der Waals surface area contributed by atoms with E-state index in [4.69, 9.17) is 0 Å². The van der Waals surface area contributed by atoms with E-state index in [2.05, 4.69) is 37.3 Å². The highest BCUT2D eigenvalue weighted by Gasteiger charge is 2.02. The smallest absolute Gasteiger partial charge is 0.130 e. The van der Waals surface area contributed by atoms with E-state index < -0.39 is 0 Å². The summed E-state index contributed by atoms with van der Waals surface area (Å²) in [5.74, 6) is 0.847. The minimum absolute atomic E-state index is 0.847. The van der Waals surface area contributed by atoms with Gasteiger partial charge in [0.25, 0.3) is 0 Å². The summed E-state index contributed by atoms with van der Waals surface area (Å²) in [4.78, 5) is 8.59. The second-order valence-corrected chi connectivity index (χ2v) is 5.72. The van der Waals surface area contributed by atoms with Crippen molar-refractivity contribution in [2.75, 3.05) is 5.32 Å². The molecule has 0 aliphatic carbocycles. The van der Waals surface area contributed by atoms with Crippen LogP contribution in [0.5, 0.6) is 0 Å². The van der Waals surface area contributed by atoms with E-state index >= 15 is 0 Å². The van der Waals surface area contributed by atoms with Gasteiger partial charge in [-0.05, 0) is 52.7 Å². The molecule has 2 aromatic heterocycles. The number of hydrogen-bond acceptors (Lipinski definition) is 4. The topological polar surface area (TPSA) is 37.8 Å². The van der Waals surface area contributed by atoms with Crippen LogP contribution in [0.1, 0.15) is 5.56 Å². The summed E-state index contributed by atoms with van der Waals surface area (Å²) in [5, 5.41) is 3.30. The van der Waals surface area contributed by atoms with Gasteiger partial charge in [-0.25, -0.2) is 9.97 Å². The number of aryl methyl sites for hydroxylation is 1. The van der Waals surface area contributed by atoms with Crippen LogP contribution in [-0.2, 0) is 0 Å². The Balaban J connectivity index is 1.92. The molecule has 0 saturated heterocycles. The van der Waals surface area contributed by atoms with Gasteiger partial charge in [0.15, 0.2) is 0 Å². The molecule has 0 fully saturated rings. The molecule has 0 bridgehead atoms. The average Bonchev–Trinajstić information content (AvgIpc) is 2.81. The second-order valence-electron chi connectivity index (χ2n) is 3.98. The number of pyridine rings is 1. The van der Waals surface area contributed by atoms with Gasteiger partial charge in [0.1, 0.15) is 5.82 Å². The first-order valence-corrected chi connectivity index (χ1v) is 7.12. The van der Waals surface area contributed by atoms with Crippen LogP contribution in [0.25, 0.3) is 10.2 Å². The van der Waals surface area contributed by atoms with Crippen molar-refractivity contribution in [1.82, 2.24) is 9.97 Å². The molecule has 0 radical (unpaired) electrons. The minimum atomic E-state index is 0.847. The normalized spacial score (nSPS) is 10.8. The zero-order chi connectivity index (χ0) is 12.5. The number of fused-ring (bicyclic) bond motifs is 1. The average molecular weight is 320 g/mol. The summed E-state index contributed by atoms with van der Waals surface area (Å²) < 4.78 is 2.19. The fourth-order valence-corrected chi connectivity index (χ4v) is 2.62. The molecule has 1 aromatic carbocycles. The quantitative estimate of drug-likeness (QED) is 0.755. The highest BCUT2D eigenvalue weighted by molar-refractivity contribution is 9.10. The lowest BCUT2D eigenvalue weighted by Crippen LogP contribution is -1.94. The van der Waals surface area contributed by atoms with Crippen LogP contribution < -0.4 is 5.32 Å². The lowest BCUT2D eigenvalue weighted by Gasteiger charge is -2.07. The van der Waals surface area contributed by atoms with Crippen molar-refractivity contribution in [3.8, 4) is 0 Å². The molecular formula is C13H10BrN3S. The third-order valence-corrected chi connectivity index (χ3v) is 4.27. The van der Waals surface area contributed by atoms with E-state index in [1.165, 1.54) is 4.70 Å². The summed E-state index contributed by atoms with van der Waals surface area (Å²) in [6, 6.07) is 8.13. The Morgan fingerprint density at radius 2 is 2.11 bits per heavy atom. The summed E-state index contributed by atoms with van der Waals surface area (Å²) in [6.45, 7) is 2.04. The van der Waals surface area contributed by atoms with E-state index in [9.17, 15) is 0 Å². The van der Waals surface area contributed by atoms with Gasteiger partial charge in [-0.15, -0.1) is 11.3 Å². The maximum absolute atomic E-state index is 4.33. The molecule has 0 amide bonds. The highest BCUT2D eigenvalue weighted by atomic mass is 79.9. The van der Waals surface area contributed by atoms with Crippen LogP contribution in [0.15, 0.2) is 40.4 Å². The summed E-state index contributed by atoms with van der Waals surface area (Å²) in [6.07, 6.45) is 1.81. The number of rotatable bonds is 2. The van der Waals surface area contributed by atoms with Crippen molar-refractivity contribution < 1.29 is 0 Å². The third kappa shape index (κ3) is 2.23. The van der Waals surface area contributed by atoms with Crippen LogP contribution >= 0.6 is 27.3 Å². The Kier molecular flexibility index (Phi) is 3.01. The van der Waals surface area contributed by atoms with Crippen LogP contribution in [0, 0.1) is 6.92 Å². The largest absolute Gasteiger partial charge is 0.340 e. The van der Waals surface area contributed by atoms with Crippen LogP contribution in [0.4, 0.5) is 11.5 Å². The van der Waals surface area contributed by atoms with Crippen molar-refractivity contribution in [3.63, 3.8) is 0 Å². The number of anilines is 2. The Labute approximate surface area is 117 Å². The zero-order valence-electron chi connectivity index (χ0n) is 9.64. The number of nitrogens with zero attached hydrogens (tertiary/aromatic N) is 2. The first kappa shape index (κ1) is 11.6. The predicted octanol–water partition coefficient (Wildman–Crippen LogP) is 4.51. The van der Waals surface area contributed by atoms with Crippen molar-refractivity contribution >= 4 is 49.0 Å². The fraction of sp³-hybridized carbons (Fsp3) is 0.0769. The number of aromatic nitrogens is 2. The molecule has 18 heavy (non-hydrogen) atoms. The molecular weight excluding hydrogens is 310 g/mol. The van der Waals surface area contributed by atoms with E-state index in [0.29, 0.717) is 0 Å². The predicted molar refractivity (Wildman–Crippen MR) is 79.6 cm³/mol. The lowest BCUT2D eigenvalue weighted by atomic mass is 10.2. The number of halogens is 1. The maximum atomic E-state index is 4.33. The molecule has 3 aromatic rings. The standard InChI is InChI=1S/C13H10BrN3S/c1-8-4-13(15-6-10(8)14)17-9-2-3-11-12(5-9)18-7-16-11/h2-7H,1H3,(H,15,17). The molecule has 0 aliphatic heterocycles. The molecule has 3 nitrogen and oxygen atoms in total. The summed E-state index contributed by atoms with van der Waals surface area (Å²) in [5.41, 5.74) is 5.08. The lowest BCUT2D eigenvalue weighted by molar-refractivity contribution is 1.25. The van der Waals surface area contributed by atoms with Crippen molar-refractivity contribution in [1.29, 1.82) is 0 Å². The van der Waals surface area contributed by atoms with Crippen molar-refractivity contribution in [2.24, 2.45) is 0 Å². The molecule has 5 heteroatoms. The van der Waals surface area contributed by atoms with Crippen LogP contribution in [0.3, 0.4) is 0 Å². The van der Waals surface area contributed by atoms with Crippen LogP contribution in [0.2, 0.25) is 0 Å². The molecule has 0 unspecified atom stereocenters. The zero-order valence-corrected chi connectivity index (χ0v) is 12.0. The number of thiazole rings is 1.